The van der Waals surface area contributed by atoms with Gasteiger partial charge in [0.05, 0.1) is 12.1 Å². The third-order valence-corrected chi connectivity index (χ3v) is 5.78. The van der Waals surface area contributed by atoms with Crippen LogP contribution in [-0.2, 0) is 18.3 Å². The summed E-state index contributed by atoms with van der Waals surface area (Å²) in [7, 11) is 1.83. The number of aryl methyl sites for hydroxylation is 1. The van der Waals surface area contributed by atoms with Gasteiger partial charge in [0.25, 0.3) is 0 Å². The lowest BCUT2D eigenvalue weighted by atomic mass is 10.1. The van der Waals surface area contributed by atoms with Crippen molar-refractivity contribution in [2.24, 2.45) is 7.05 Å². The largest absolute Gasteiger partial charge is 0.342 e. The maximum absolute atomic E-state index is 13.8. The van der Waals surface area contributed by atoms with E-state index in [0.29, 0.717) is 22.1 Å². The number of nitrogens with one attached hydrogen (secondary N) is 1. The molecule has 5 nitrogen and oxygen atoms in total. The Morgan fingerprint density at radius 2 is 2.07 bits per heavy atom. The van der Waals surface area contributed by atoms with Crippen molar-refractivity contribution < 1.29 is 9.18 Å². The van der Waals surface area contributed by atoms with E-state index in [1.807, 2.05) is 24.6 Å². The van der Waals surface area contributed by atoms with Crippen LogP contribution in [0.3, 0.4) is 0 Å². The minimum Gasteiger partial charge on any atom is -0.342 e. The average Bonchev–Trinajstić information content (AvgIpc) is 3.36. The topological polar surface area (TPSA) is 59.8 Å². The van der Waals surface area contributed by atoms with Crippen LogP contribution in [0.25, 0.3) is 10.6 Å². The lowest BCUT2D eigenvalue weighted by Crippen LogP contribution is -2.32. The predicted molar refractivity (Wildman–Crippen MR) is 116 cm³/mol. The molecule has 1 amide bonds. The molecule has 0 bridgehead atoms. The Morgan fingerprint density at radius 1 is 1.27 bits per heavy atom. The molecule has 4 aromatic rings. The summed E-state index contributed by atoms with van der Waals surface area (Å²) < 4.78 is 15.6. The van der Waals surface area contributed by atoms with Crippen molar-refractivity contribution in [1.29, 1.82) is 0 Å². The van der Waals surface area contributed by atoms with Gasteiger partial charge in [0.1, 0.15) is 22.7 Å². The summed E-state index contributed by atoms with van der Waals surface area (Å²) in [6.07, 6.45) is 3.54. The number of carbonyl (C=O) groups is 1. The zero-order valence-electron chi connectivity index (χ0n) is 16.0. The Kier molecular flexibility index (Phi) is 5.92. The fourth-order valence-corrected chi connectivity index (χ4v) is 4.08. The molecule has 0 aliphatic heterocycles. The molecule has 30 heavy (non-hydrogen) atoms. The molecule has 0 saturated heterocycles. The third-order valence-electron chi connectivity index (χ3n) is 4.59. The van der Waals surface area contributed by atoms with E-state index >= 15 is 0 Å². The molecule has 1 N–H and O–H groups in total. The van der Waals surface area contributed by atoms with E-state index in [0.717, 1.165) is 10.6 Å². The van der Waals surface area contributed by atoms with Crippen LogP contribution in [0.15, 0.2) is 66.3 Å². The van der Waals surface area contributed by atoms with E-state index in [1.54, 1.807) is 41.2 Å². The summed E-state index contributed by atoms with van der Waals surface area (Å²) >= 11 is 7.40. The molecular weight excluding hydrogens is 423 g/mol. The summed E-state index contributed by atoms with van der Waals surface area (Å²) in [6.45, 7) is 0. The van der Waals surface area contributed by atoms with Crippen molar-refractivity contribution in [3.63, 3.8) is 0 Å². The molecule has 0 saturated carbocycles. The van der Waals surface area contributed by atoms with E-state index in [4.69, 9.17) is 11.6 Å². The highest BCUT2D eigenvalue weighted by Crippen LogP contribution is 2.26. The summed E-state index contributed by atoms with van der Waals surface area (Å²) in [5, 5.41) is 6.31. The Morgan fingerprint density at radius 3 is 2.77 bits per heavy atom. The van der Waals surface area contributed by atoms with Crippen molar-refractivity contribution in [1.82, 2.24) is 19.9 Å². The van der Waals surface area contributed by atoms with Crippen molar-refractivity contribution in [3.8, 4) is 10.6 Å². The number of aromatic nitrogens is 3. The molecule has 2 aromatic carbocycles. The lowest BCUT2D eigenvalue weighted by Gasteiger charge is -2.19. The van der Waals surface area contributed by atoms with E-state index in [1.165, 1.54) is 23.5 Å². The van der Waals surface area contributed by atoms with Gasteiger partial charge in [-0.25, -0.2) is 14.4 Å². The van der Waals surface area contributed by atoms with Gasteiger partial charge in [0, 0.05) is 35.4 Å². The van der Waals surface area contributed by atoms with Gasteiger partial charge >= 0.3 is 0 Å². The van der Waals surface area contributed by atoms with Crippen LogP contribution in [0.2, 0.25) is 5.02 Å². The van der Waals surface area contributed by atoms with Gasteiger partial charge < -0.3 is 9.88 Å². The van der Waals surface area contributed by atoms with Gasteiger partial charge in [-0.3, -0.25) is 4.79 Å². The molecule has 0 fully saturated rings. The second-order valence-electron chi connectivity index (χ2n) is 6.78. The summed E-state index contributed by atoms with van der Waals surface area (Å²) in [6, 6.07) is 13.0. The summed E-state index contributed by atoms with van der Waals surface area (Å²) in [4.78, 5) is 21.7. The SMILES string of the molecule is Cn1ccnc1C(NC(=O)Cc1csc(-c2ccc(Cl)cc2)n1)c1cccc(F)c1. The molecule has 1 atom stereocenters. The number of rotatable bonds is 6. The maximum atomic E-state index is 13.8. The van der Waals surface area contributed by atoms with Crippen molar-refractivity contribution in [2.75, 3.05) is 0 Å². The van der Waals surface area contributed by atoms with Crippen LogP contribution in [-0.4, -0.2) is 20.4 Å². The highest BCUT2D eigenvalue weighted by atomic mass is 35.5. The van der Waals surface area contributed by atoms with Crippen LogP contribution < -0.4 is 5.32 Å². The van der Waals surface area contributed by atoms with E-state index in [9.17, 15) is 9.18 Å². The van der Waals surface area contributed by atoms with Gasteiger partial charge in [-0.15, -0.1) is 11.3 Å². The first-order valence-corrected chi connectivity index (χ1v) is 10.5. The minimum absolute atomic E-state index is 0.111. The maximum Gasteiger partial charge on any atom is 0.226 e. The second kappa shape index (κ2) is 8.77. The molecular formula is C22H18ClFN4OS. The van der Waals surface area contributed by atoms with E-state index in [2.05, 4.69) is 15.3 Å². The van der Waals surface area contributed by atoms with Gasteiger partial charge in [-0.2, -0.15) is 0 Å². The first kappa shape index (κ1) is 20.3. The Balaban J connectivity index is 1.52. The molecule has 1 unspecified atom stereocenters. The zero-order chi connectivity index (χ0) is 21.1. The number of hydrogen-bond donors (Lipinski definition) is 1. The fraction of sp³-hybridized carbons (Fsp3) is 0.136. The van der Waals surface area contributed by atoms with Gasteiger partial charge in [0.15, 0.2) is 0 Å². The molecule has 0 spiro atoms. The highest BCUT2D eigenvalue weighted by molar-refractivity contribution is 7.13. The number of nitrogens with zero attached hydrogens (tertiary/aromatic N) is 3. The first-order valence-electron chi connectivity index (χ1n) is 9.22. The van der Waals surface area contributed by atoms with Crippen LogP contribution >= 0.6 is 22.9 Å². The van der Waals surface area contributed by atoms with Crippen LogP contribution in [0.1, 0.15) is 23.1 Å². The number of halogens is 2. The number of imidazole rings is 1. The molecule has 152 valence electrons. The standard InChI is InChI=1S/C22H18ClFN4OS/c1-28-10-9-25-21(28)20(15-3-2-4-17(24)11-15)27-19(29)12-18-13-30-22(26-18)14-5-7-16(23)8-6-14/h2-11,13,20H,12H2,1H3,(H,27,29). The van der Waals surface area contributed by atoms with Crippen LogP contribution in [0.5, 0.6) is 0 Å². The Labute approximate surface area is 182 Å². The number of benzene rings is 2. The van der Waals surface area contributed by atoms with Gasteiger partial charge in [-0.05, 0) is 29.8 Å². The van der Waals surface area contributed by atoms with Gasteiger partial charge in [-0.1, -0.05) is 35.9 Å². The first-order chi connectivity index (χ1) is 14.5. The molecule has 2 heterocycles. The van der Waals surface area contributed by atoms with Crippen LogP contribution in [0, 0.1) is 5.82 Å². The quantitative estimate of drug-likeness (QED) is 0.469. The monoisotopic (exact) mass is 440 g/mol. The smallest absolute Gasteiger partial charge is 0.226 e. The fourth-order valence-electron chi connectivity index (χ4n) is 3.13. The van der Waals surface area contributed by atoms with Crippen molar-refractivity contribution >= 4 is 28.8 Å². The molecule has 8 heteroatoms. The summed E-state index contributed by atoms with van der Waals surface area (Å²) in [5.41, 5.74) is 2.24. The van der Waals surface area contributed by atoms with Gasteiger partial charge in [0.2, 0.25) is 5.91 Å². The van der Waals surface area contributed by atoms with Crippen molar-refractivity contribution in [2.45, 2.75) is 12.5 Å². The molecule has 0 aliphatic carbocycles. The number of carbonyl (C=O) groups excluding carboxylic acids is 1. The van der Waals surface area contributed by atoms with Crippen molar-refractivity contribution in [3.05, 3.63) is 94.2 Å². The summed E-state index contributed by atoms with van der Waals surface area (Å²) in [5.74, 6) is 0.0300. The van der Waals surface area contributed by atoms with E-state index in [-0.39, 0.29) is 18.1 Å². The zero-order valence-corrected chi connectivity index (χ0v) is 17.6. The lowest BCUT2D eigenvalue weighted by molar-refractivity contribution is -0.121. The number of amides is 1. The average molecular weight is 441 g/mol. The predicted octanol–water partition coefficient (Wildman–Crippen LogP) is 4.78. The number of hydrogen-bond acceptors (Lipinski definition) is 4. The normalized spacial score (nSPS) is 12.0. The van der Waals surface area contributed by atoms with Crippen LogP contribution in [0.4, 0.5) is 4.39 Å². The molecule has 0 aliphatic rings. The number of thiazole rings is 1. The third kappa shape index (κ3) is 4.58. The molecule has 2 aromatic heterocycles. The minimum atomic E-state index is -0.567. The Hall–Kier alpha value is -3.03. The molecule has 0 radical (unpaired) electrons. The Bertz CT molecular complexity index is 1170. The second-order valence-corrected chi connectivity index (χ2v) is 8.07. The molecule has 4 rings (SSSR count). The van der Waals surface area contributed by atoms with E-state index < -0.39 is 6.04 Å². The highest BCUT2D eigenvalue weighted by Gasteiger charge is 2.22.